The van der Waals surface area contributed by atoms with Crippen LogP contribution in [-0.4, -0.2) is 37.5 Å². The molecule has 0 aliphatic heterocycles. The normalized spacial score (nSPS) is 11.7. The summed E-state index contributed by atoms with van der Waals surface area (Å²) >= 11 is 0. The predicted octanol–water partition coefficient (Wildman–Crippen LogP) is 2.69. The summed E-state index contributed by atoms with van der Waals surface area (Å²) < 4.78 is 51.4. The molecule has 0 amide bonds. The minimum atomic E-state index is -4.46. The molecule has 0 aliphatic carbocycles. The van der Waals surface area contributed by atoms with Gasteiger partial charge in [-0.3, -0.25) is 0 Å². The number of anilines is 1. The van der Waals surface area contributed by atoms with Gasteiger partial charge in [-0.05, 0) is 30.7 Å². The Morgan fingerprint density at radius 1 is 1.29 bits per heavy atom. The quantitative estimate of drug-likeness (QED) is 0.572. The van der Waals surface area contributed by atoms with E-state index in [2.05, 4.69) is 5.32 Å². The van der Waals surface area contributed by atoms with Gasteiger partial charge in [-0.1, -0.05) is 13.0 Å². The first kappa shape index (κ1) is 17.7. The Kier molecular flexibility index (Phi) is 6.91. The standard InChI is InChI=1S/C14H20F4N2O/c1-2-5-19-9-11-3-4-13(12(15)8-11)20(6-7-21)10-14(16,17)18/h3-4,8,19,21H,2,5-7,9-10H2,1H3. The molecule has 120 valence electrons. The fourth-order valence-corrected chi connectivity index (χ4v) is 1.95. The second kappa shape index (κ2) is 8.19. The van der Waals surface area contributed by atoms with Crippen molar-refractivity contribution in [1.29, 1.82) is 0 Å². The average Bonchev–Trinajstić information content (AvgIpc) is 2.37. The van der Waals surface area contributed by atoms with Crippen molar-refractivity contribution in [3.05, 3.63) is 29.6 Å². The van der Waals surface area contributed by atoms with Crippen molar-refractivity contribution < 1.29 is 22.7 Å². The summed E-state index contributed by atoms with van der Waals surface area (Å²) in [5.41, 5.74) is 0.515. The van der Waals surface area contributed by atoms with E-state index in [1.54, 1.807) is 6.07 Å². The maximum atomic E-state index is 14.0. The van der Waals surface area contributed by atoms with Crippen LogP contribution in [0.25, 0.3) is 0 Å². The number of rotatable bonds is 8. The second-order valence-corrected chi connectivity index (χ2v) is 4.72. The van der Waals surface area contributed by atoms with Crippen molar-refractivity contribution in [2.75, 3.05) is 31.1 Å². The van der Waals surface area contributed by atoms with E-state index in [4.69, 9.17) is 5.11 Å². The lowest BCUT2D eigenvalue weighted by Crippen LogP contribution is -2.36. The average molecular weight is 308 g/mol. The number of alkyl halides is 3. The molecule has 0 atom stereocenters. The summed E-state index contributed by atoms with van der Waals surface area (Å²) in [6.45, 7) is 1.20. The van der Waals surface area contributed by atoms with Crippen LogP contribution in [0, 0.1) is 5.82 Å². The summed E-state index contributed by atoms with van der Waals surface area (Å²) in [5, 5.41) is 11.9. The molecule has 7 heteroatoms. The predicted molar refractivity (Wildman–Crippen MR) is 73.8 cm³/mol. The summed E-state index contributed by atoms with van der Waals surface area (Å²) in [4.78, 5) is 0.790. The molecule has 1 aromatic carbocycles. The fraction of sp³-hybridized carbons (Fsp3) is 0.571. The van der Waals surface area contributed by atoms with Crippen LogP contribution >= 0.6 is 0 Å². The third-order valence-corrected chi connectivity index (χ3v) is 2.85. The van der Waals surface area contributed by atoms with E-state index in [9.17, 15) is 17.6 Å². The molecule has 0 heterocycles. The van der Waals surface area contributed by atoms with Gasteiger partial charge in [0.05, 0.1) is 12.3 Å². The van der Waals surface area contributed by atoms with Gasteiger partial charge in [0.1, 0.15) is 12.4 Å². The molecule has 0 spiro atoms. The van der Waals surface area contributed by atoms with Gasteiger partial charge in [-0.2, -0.15) is 13.2 Å². The Balaban J connectivity index is 2.84. The Morgan fingerprint density at radius 3 is 2.52 bits per heavy atom. The van der Waals surface area contributed by atoms with Gasteiger partial charge in [0, 0.05) is 13.1 Å². The van der Waals surface area contributed by atoms with Gasteiger partial charge in [0.25, 0.3) is 0 Å². The largest absolute Gasteiger partial charge is 0.405 e. The lowest BCUT2D eigenvalue weighted by atomic mass is 10.1. The minimum Gasteiger partial charge on any atom is -0.395 e. The number of aliphatic hydroxyl groups is 1. The molecule has 0 saturated heterocycles. The van der Waals surface area contributed by atoms with Crippen LogP contribution in [0.15, 0.2) is 18.2 Å². The van der Waals surface area contributed by atoms with Gasteiger partial charge in [-0.25, -0.2) is 4.39 Å². The number of aliphatic hydroxyl groups excluding tert-OH is 1. The third kappa shape index (κ3) is 6.31. The Morgan fingerprint density at radius 2 is 2.00 bits per heavy atom. The van der Waals surface area contributed by atoms with Crippen LogP contribution in [-0.2, 0) is 6.54 Å². The van der Waals surface area contributed by atoms with Crippen LogP contribution < -0.4 is 10.2 Å². The number of benzene rings is 1. The SMILES string of the molecule is CCCNCc1ccc(N(CCO)CC(F)(F)F)c(F)c1. The van der Waals surface area contributed by atoms with Crippen LogP contribution in [0.2, 0.25) is 0 Å². The Labute approximate surface area is 121 Å². The zero-order chi connectivity index (χ0) is 15.9. The van der Waals surface area contributed by atoms with Gasteiger partial charge in [0.2, 0.25) is 0 Å². The van der Waals surface area contributed by atoms with E-state index in [1.165, 1.54) is 12.1 Å². The summed E-state index contributed by atoms with van der Waals surface area (Å²) in [5.74, 6) is -0.719. The second-order valence-electron chi connectivity index (χ2n) is 4.72. The van der Waals surface area contributed by atoms with Crippen LogP contribution in [0.5, 0.6) is 0 Å². The zero-order valence-corrected chi connectivity index (χ0v) is 11.9. The number of hydrogen-bond donors (Lipinski definition) is 2. The molecule has 1 aromatic rings. The lowest BCUT2D eigenvalue weighted by Gasteiger charge is -2.25. The van der Waals surface area contributed by atoms with E-state index < -0.39 is 25.1 Å². The maximum absolute atomic E-state index is 14.0. The van der Waals surface area contributed by atoms with Gasteiger partial charge >= 0.3 is 6.18 Å². The maximum Gasteiger partial charge on any atom is 0.405 e. The molecule has 0 radical (unpaired) electrons. The van der Waals surface area contributed by atoms with Crippen molar-refractivity contribution in [2.24, 2.45) is 0 Å². The molecule has 0 aliphatic rings. The third-order valence-electron chi connectivity index (χ3n) is 2.85. The number of hydrogen-bond acceptors (Lipinski definition) is 3. The van der Waals surface area contributed by atoms with Gasteiger partial charge in [-0.15, -0.1) is 0 Å². The molecule has 21 heavy (non-hydrogen) atoms. The van der Waals surface area contributed by atoms with E-state index in [1.807, 2.05) is 6.92 Å². The molecule has 1 rings (SSSR count). The van der Waals surface area contributed by atoms with Crippen molar-refractivity contribution >= 4 is 5.69 Å². The highest BCUT2D eigenvalue weighted by Gasteiger charge is 2.31. The first-order valence-corrected chi connectivity index (χ1v) is 6.79. The first-order valence-electron chi connectivity index (χ1n) is 6.79. The van der Waals surface area contributed by atoms with Crippen LogP contribution in [0.4, 0.5) is 23.2 Å². The molecule has 2 N–H and O–H groups in total. The lowest BCUT2D eigenvalue weighted by molar-refractivity contribution is -0.119. The molecule has 0 saturated carbocycles. The molecule has 0 fully saturated rings. The summed E-state index contributed by atoms with van der Waals surface area (Å²) in [6, 6.07) is 4.13. The van der Waals surface area contributed by atoms with Gasteiger partial charge in [0.15, 0.2) is 0 Å². The van der Waals surface area contributed by atoms with E-state index in [-0.39, 0.29) is 12.2 Å². The Hall–Kier alpha value is -1.34. The smallest absolute Gasteiger partial charge is 0.395 e. The number of nitrogens with one attached hydrogen (secondary N) is 1. The zero-order valence-electron chi connectivity index (χ0n) is 11.9. The monoisotopic (exact) mass is 308 g/mol. The van der Waals surface area contributed by atoms with Crippen molar-refractivity contribution in [3.8, 4) is 0 Å². The van der Waals surface area contributed by atoms with Crippen LogP contribution in [0.1, 0.15) is 18.9 Å². The highest BCUT2D eigenvalue weighted by atomic mass is 19.4. The molecular formula is C14H20F4N2O. The highest BCUT2D eigenvalue weighted by molar-refractivity contribution is 5.49. The van der Waals surface area contributed by atoms with Crippen molar-refractivity contribution in [2.45, 2.75) is 26.1 Å². The number of nitrogens with zero attached hydrogens (tertiary/aromatic N) is 1. The molecule has 0 aromatic heterocycles. The molecule has 3 nitrogen and oxygen atoms in total. The fourth-order valence-electron chi connectivity index (χ4n) is 1.95. The van der Waals surface area contributed by atoms with E-state index >= 15 is 0 Å². The van der Waals surface area contributed by atoms with Crippen LogP contribution in [0.3, 0.4) is 0 Å². The van der Waals surface area contributed by atoms with Crippen molar-refractivity contribution in [3.63, 3.8) is 0 Å². The summed E-state index contributed by atoms with van der Waals surface area (Å²) in [6.07, 6.45) is -3.51. The first-order chi connectivity index (χ1) is 9.87. The molecule has 0 bridgehead atoms. The minimum absolute atomic E-state index is 0.152. The topological polar surface area (TPSA) is 35.5 Å². The van der Waals surface area contributed by atoms with Gasteiger partial charge < -0.3 is 15.3 Å². The highest BCUT2D eigenvalue weighted by Crippen LogP contribution is 2.25. The van der Waals surface area contributed by atoms with E-state index in [0.717, 1.165) is 17.9 Å². The Bertz CT molecular complexity index is 437. The summed E-state index contributed by atoms with van der Waals surface area (Å²) in [7, 11) is 0. The van der Waals surface area contributed by atoms with E-state index in [0.29, 0.717) is 12.1 Å². The number of halogens is 4. The molecule has 0 unspecified atom stereocenters. The molecular weight excluding hydrogens is 288 g/mol. The van der Waals surface area contributed by atoms with Crippen molar-refractivity contribution in [1.82, 2.24) is 5.32 Å².